The van der Waals surface area contributed by atoms with Crippen molar-refractivity contribution >= 4 is 11.8 Å². The minimum atomic E-state index is -0.351. The lowest BCUT2D eigenvalue weighted by atomic mass is 10.2. The summed E-state index contributed by atoms with van der Waals surface area (Å²) in [5.74, 6) is -0.237. The highest BCUT2D eigenvalue weighted by Gasteiger charge is 2.31. The van der Waals surface area contributed by atoms with Crippen LogP contribution in [0.15, 0.2) is 48.8 Å². The van der Waals surface area contributed by atoms with Crippen LogP contribution >= 0.6 is 0 Å². The number of carbonyl (C=O) groups excluding carboxylic acids is 2. The summed E-state index contributed by atoms with van der Waals surface area (Å²) in [4.78, 5) is 33.0. The molecule has 1 aromatic heterocycles. The molecule has 160 valence electrons. The summed E-state index contributed by atoms with van der Waals surface area (Å²) in [5, 5.41) is 0. The van der Waals surface area contributed by atoms with Gasteiger partial charge in [-0.05, 0) is 35.2 Å². The first-order valence-electron chi connectivity index (χ1n) is 10.2. The van der Waals surface area contributed by atoms with Crippen molar-refractivity contribution in [1.82, 2.24) is 14.8 Å². The van der Waals surface area contributed by atoms with E-state index in [4.69, 9.17) is 4.74 Å². The molecule has 1 aromatic carbocycles. The first-order valence-corrected chi connectivity index (χ1v) is 10.2. The minimum Gasteiger partial charge on any atom is -0.370 e. The van der Waals surface area contributed by atoms with Crippen molar-refractivity contribution in [3.05, 3.63) is 65.7 Å². The summed E-state index contributed by atoms with van der Waals surface area (Å²) in [7, 11) is 0. The van der Waals surface area contributed by atoms with Gasteiger partial charge in [-0.25, -0.2) is 4.39 Å². The highest BCUT2D eigenvalue weighted by atomic mass is 19.1. The molecule has 0 bridgehead atoms. The fraction of sp³-hybridized carbons (Fsp3) is 0.435. The quantitative estimate of drug-likeness (QED) is 0.700. The number of aromatic nitrogens is 1. The maximum absolute atomic E-state index is 13.5. The van der Waals surface area contributed by atoms with Gasteiger partial charge in [-0.2, -0.15) is 0 Å². The fourth-order valence-corrected chi connectivity index (χ4v) is 3.52. The average molecular weight is 413 g/mol. The third-order valence-corrected chi connectivity index (χ3v) is 4.92. The van der Waals surface area contributed by atoms with Crippen LogP contribution in [0.5, 0.6) is 0 Å². The smallest absolute Gasteiger partial charge is 0.242 e. The molecule has 30 heavy (non-hydrogen) atoms. The molecule has 0 N–H and O–H groups in total. The SMILES string of the molecule is CC(C)CN1CC(OCc2cccc(F)c2)CN(C(=O)Cc2cccnc2)CC1=O. The number of halogens is 1. The van der Waals surface area contributed by atoms with E-state index in [0.29, 0.717) is 31.1 Å². The number of hydrogen-bond acceptors (Lipinski definition) is 4. The van der Waals surface area contributed by atoms with Crippen molar-refractivity contribution in [3.63, 3.8) is 0 Å². The Bertz CT molecular complexity index is 860. The maximum Gasteiger partial charge on any atom is 0.242 e. The van der Waals surface area contributed by atoms with Gasteiger partial charge in [0.25, 0.3) is 0 Å². The normalized spacial score (nSPS) is 17.3. The van der Waals surface area contributed by atoms with Crippen LogP contribution in [-0.4, -0.2) is 58.9 Å². The Morgan fingerprint density at radius 1 is 1.23 bits per heavy atom. The van der Waals surface area contributed by atoms with E-state index in [0.717, 1.165) is 5.56 Å². The van der Waals surface area contributed by atoms with E-state index in [1.807, 2.05) is 19.9 Å². The molecule has 1 aliphatic rings. The first kappa shape index (κ1) is 21.9. The molecule has 2 heterocycles. The van der Waals surface area contributed by atoms with E-state index in [1.54, 1.807) is 40.4 Å². The second-order valence-corrected chi connectivity index (χ2v) is 8.07. The molecule has 1 atom stereocenters. The summed E-state index contributed by atoms with van der Waals surface area (Å²) in [5.41, 5.74) is 1.52. The van der Waals surface area contributed by atoms with E-state index < -0.39 is 0 Å². The van der Waals surface area contributed by atoms with Crippen molar-refractivity contribution in [2.24, 2.45) is 5.92 Å². The van der Waals surface area contributed by atoms with Crippen LogP contribution in [0, 0.1) is 11.7 Å². The van der Waals surface area contributed by atoms with Gasteiger partial charge in [0, 0.05) is 32.0 Å². The zero-order valence-corrected chi connectivity index (χ0v) is 17.5. The molecule has 0 aliphatic carbocycles. The molecule has 2 aromatic rings. The van der Waals surface area contributed by atoms with Gasteiger partial charge in [0.1, 0.15) is 5.82 Å². The van der Waals surface area contributed by atoms with Gasteiger partial charge in [-0.15, -0.1) is 0 Å². The molecule has 1 saturated heterocycles. The van der Waals surface area contributed by atoms with Crippen molar-refractivity contribution in [2.45, 2.75) is 33.0 Å². The van der Waals surface area contributed by atoms with Crippen molar-refractivity contribution in [2.75, 3.05) is 26.2 Å². The van der Waals surface area contributed by atoms with Gasteiger partial charge in [-0.1, -0.05) is 32.0 Å². The van der Waals surface area contributed by atoms with Crippen LogP contribution < -0.4 is 0 Å². The summed E-state index contributed by atoms with van der Waals surface area (Å²) in [6.07, 6.45) is 3.14. The molecule has 1 unspecified atom stereocenters. The third kappa shape index (κ3) is 6.35. The lowest BCUT2D eigenvalue weighted by Gasteiger charge is -2.26. The Hall–Kier alpha value is -2.80. The zero-order chi connectivity index (χ0) is 21.5. The van der Waals surface area contributed by atoms with Crippen LogP contribution in [0.2, 0.25) is 0 Å². The molecule has 7 heteroatoms. The van der Waals surface area contributed by atoms with Crippen LogP contribution in [0.4, 0.5) is 4.39 Å². The van der Waals surface area contributed by atoms with Crippen molar-refractivity contribution in [3.8, 4) is 0 Å². The monoisotopic (exact) mass is 413 g/mol. The molecule has 3 rings (SSSR count). The van der Waals surface area contributed by atoms with Crippen LogP contribution in [0.3, 0.4) is 0 Å². The van der Waals surface area contributed by atoms with E-state index in [-0.39, 0.29) is 43.3 Å². The lowest BCUT2D eigenvalue weighted by Crippen LogP contribution is -2.41. The van der Waals surface area contributed by atoms with Crippen molar-refractivity contribution < 1.29 is 18.7 Å². The Kier molecular flexibility index (Phi) is 7.52. The molecule has 0 saturated carbocycles. The van der Waals surface area contributed by atoms with E-state index in [1.165, 1.54) is 12.1 Å². The molecule has 2 amide bonds. The standard InChI is InChI=1S/C23H28FN3O3/c1-17(2)12-26-13-21(30-16-19-5-3-7-20(24)9-19)14-27(15-23(26)29)22(28)10-18-6-4-8-25-11-18/h3-9,11,17,21H,10,12-16H2,1-2H3. The number of pyridine rings is 1. The van der Waals surface area contributed by atoms with Gasteiger partial charge in [0.05, 0.1) is 25.7 Å². The number of carbonyl (C=O) groups is 2. The summed E-state index contributed by atoms with van der Waals surface area (Å²) < 4.78 is 19.5. The molecule has 1 fully saturated rings. The van der Waals surface area contributed by atoms with Crippen molar-refractivity contribution in [1.29, 1.82) is 0 Å². The maximum atomic E-state index is 13.5. The molecule has 0 spiro atoms. The highest BCUT2D eigenvalue weighted by molar-refractivity contribution is 5.86. The number of hydrogen-bond donors (Lipinski definition) is 0. The molecule has 6 nitrogen and oxygen atoms in total. The predicted octanol–water partition coefficient (Wildman–Crippen LogP) is 2.68. The Morgan fingerprint density at radius 2 is 2.03 bits per heavy atom. The molecular formula is C23H28FN3O3. The Morgan fingerprint density at radius 3 is 2.73 bits per heavy atom. The van der Waals surface area contributed by atoms with Gasteiger partial charge in [0.15, 0.2) is 0 Å². The Labute approximate surface area is 176 Å². The number of rotatable bonds is 7. The van der Waals surface area contributed by atoms with Crippen LogP contribution in [0.25, 0.3) is 0 Å². The lowest BCUT2D eigenvalue weighted by molar-refractivity contribution is -0.138. The average Bonchev–Trinajstić information content (AvgIpc) is 2.86. The number of benzene rings is 1. The Balaban J connectivity index is 1.71. The fourth-order valence-electron chi connectivity index (χ4n) is 3.52. The second kappa shape index (κ2) is 10.3. The van der Waals surface area contributed by atoms with E-state index >= 15 is 0 Å². The van der Waals surface area contributed by atoms with Gasteiger partial charge < -0.3 is 14.5 Å². The van der Waals surface area contributed by atoms with Crippen LogP contribution in [0.1, 0.15) is 25.0 Å². The molecule has 1 aliphatic heterocycles. The number of nitrogens with zero attached hydrogens (tertiary/aromatic N) is 3. The van der Waals surface area contributed by atoms with Gasteiger partial charge in [-0.3, -0.25) is 14.6 Å². The summed E-state index contributed by atoms with van der Waals surface area (Å²) >= 11 is 0. The first-order chi connectivity index (χ1) is 14.4. The molecular weight excluding hydrogens is 385 g/mol. The number of amides is 2. The second-order valence-electron chi connectivity index (χ2n) is 8.07. The topological polar surface area (TPSA) is 62.7 Å². The number of ether oxygens (including phenoxy) is 1. The predicted molar refractivity (Wildman–Crippen MR) is 111 cm³/mol. The van der Waals surface area contributed by atoms with E-state index in [9.17, 15) is 14.0 Å². The molecule has 0 radical (unpaired) electrons. The third-order valence-electron chi connectivity index (χ3n) is 4.92. The summed E-state index contributed by atoms with van der Waals surface area (Å²) in [6.45, 7) is 5.67. The zero-order valence-electron chi connectivity index (χ0n) is 17.5. The highest BCUT2D eigenvalue weighted by Crippen LogP contribution is 2.15. The largest absolute Gasteiger partial charge is 0.370 e. The van der Waals surface area contributed by atoms with Crippen LogP contribution in [-0.2, 0) is 27.4 Å². The van der Waals surface area contributed by atoms with Gasteiger partial charge in [0.2, 0.25) is 11.8 Å². The van der Waals surface area contributed by atoms with E-state index in [2.05, 4.69) is 4.98 Å². The summed E-state index contributed by atoms with van der Waals surface area (Å²) in [6, 6.07) is 9.87. The minimum absolute atomic E-state index is 0.0334. The van der Waals surface area contributed by atoms with Gasteiger partial charge >= 0.3 is 0 Å².